The number of hydrogen-bond acceptors (Lipinski definition) is 4. The van der Waals surface area contributed by atoms with Crippen LogP contribution in [0.4, 0.5) is 0 Å². The Hall–Kier alpha value is -3.08. The van der Waals surface area contributed by atoms with E-state index in [-0.39, 0.29) is 6.04 Å². The summed E-state index contributed by atoms with van der Waals surface area (Å²) in [5, 5.41) is 0. The Bertz CT molecular complexity index is 827. The van der Waals surface area contributed by atoms with E-state index in [1.54, 1.807) is 29.1 Å². The van der Waals surface area contributed by atoms with Gasteiger partial charge in [0.25, 0.3) is 0 Å². The number of nitrogens with zero attached hydrogens (tertiary/aromatic N) is 2. The zero-order chi connectivity index (χ0) is 16.9. The maximum atomic E-state index is 12.6. The number of imidazole rings is 1. The van der Waals surface area contributed by atoms with E-state index >= 15 is 0 Å². The van der Waals surface area contributed by atoms with Crippen molar-refractivity contribution in [2.24, 2.45) is 0 Å². The lowest BCUT2D eigenvalue weighted by molar-refractivity contribution is 0.0717. The minimum absolute atomic E-state index is 0.0334. The van der Waals surface area contributed by atoms with Crippen molar-refractivity contribution in [3.63, 3.8) is 0 Å². The summed E-state index contributed by atoms with van der Waals surface area (Å²) < 4.78 is 12.5. The van der Waals surface area contributed by atoms with Gasteiger partial charge in [0.1, 0.15) is 5.69 Å². The summed E-state index contributed by atoms with van der Waals surface area (Å²) in [6.07, 6.45) is 3.15. The molecule has 0 saturated carbocycles. The number of ether oxygens (including phenoxy) is 2. The molecule has 0 spiro atoms. The van der Waals surface area contributed by atoms with E-state index in [4.69, 9.17) is 9.47 Å². The molecule has 1 atom stereocenters. The van der Waals surface area contributed by atoms with E-state index in [0.717, 1.165) is 5.56 Å². The molecule has 122 valence electrons. The second-order valence-corrected chi connectivity index (χ2v) is 5.31. The summed E-state index contributed by atoms with van der Waals surface area (Å²) in [4.78, 5) is 16.7. The number of hydrogen-bond donors (Lipinski definition) is 0. The number of rotatable bonds is 5. The van der Waals surface area contributed by atoms with Gasteiger partial charge in [0.2, 0.25) is 0 Å². The number of carbonyl (C=O) groups excluding carboxylic acids is 1. The fourth-order valence-electron chi connectivity index (χ4n) is 2.52. The minimum Gasteiger partial charge on any atom is -0.493 e. The van der Waals surface area contributed by atoms with Crippen molar-refractivity contribution in [3.05, 3.63) is 78.4 Å². The number of methoxy groups -OCH3 is 1. The molecule has 0 N–H and O–H groups in total. The number of benzene rings is 2. The molecule has 3 aromatic rings. The molecule has 1 unspecified atom stereocenters. The molecule has 0 aliphatic rings. The van der Waals surface area contributed by atoms with Crippen LogP contribution >= 0.6 is 0 Å². The first kappa shape index (κ1) is 15.8. The largest absolute Gasteiger partial charge is 0.493 e. The standard InChI is InChI=1S/C19H18N2O3/c1-14(15-8-4-3-5-9-15)21-13-20-12-16(21)19(22)24-18-11-7-6-10-17(18)23-2/h3-14H,1-2H3. The molecule has 0 saturated heterocycles. The molecule has 0 radical (unpaired) electrons. The minimum atomic E-state index is -0.472. The third-order valence-corrected chi connectivity index (χ3v) is 3.85. The molecule has 5 nitrogen and oxygen atoms in total. The molecule has 2 aromatic carbocycles. The highest BCUT2D eigenvalue weighted by Gasteiger charge is 2.20. The fraction of sp³-hybridized carbons (Fsp3) is 0.158. The lowest BCUT2D eigenvalue weighted by Gasteiger charge is -2.16. The van der Waals surface area contributed by atoms with Crippen LogP contribution in [0.15, 0.2) is 67.1 Å². The van der Waals surface area contributed by atoms with Gasteiger partial charge in [-0.3, -0.25) is 0 Å². The number of aromatic nitrogens is 2. The highest BCUT2D eigenvalue weighted by atomic mass is 16.6. The summed E-state index contributed by atoms with van der Waals surface area (Å²) in [6, 6.07) is 16.9. The van der Waals surface area contributed by atoms with Gasteiger partial charge in [-0.05, 0) is 24.6 Å². The SMILES string of the molecule is COc1ccccc1OC(=O)c1cncn1C(C)c1ccccc1. The molecular formula is C19H18N2O3. The molecule has 0 bridgehead atoms. The zero-order valence-electron chi connectivity index (χ0n) is 13.5. The van der Waals surface area contributed by atoms with Crippen LogP contribution < -0.4 is 9.47 Å². The summed E-state index contributed by atoms with van der Waals surface area (Å²) in [5.74, 6) is 0.415. The summed E-state index contributed by atoms with van der Waals surface area (Å²) >= 11 is 0. The van der Waals surface area contributed by atoms with Crippen LogP contribution in [-0.4, -0.2) is 22.6 Å². The number of esters is 1. The average molecular weight is 322 g/mol. The van der Waals surface area contributed by atoms with Gasteiger partial charge < -0.3 is 14.0 Å². The van der Waals surface area contributed by atoms with Crippen molar-refractivity contribution in [1.82, 2.24) is 9.55 Å². The van der Waals surface area contributed by atoms with Crippen LogP contribution in [0, 0.1) is 0 Å². The Morgan fingerprint density at radius 2 is 1.71 bits per heavy atom. The van der Waals surface area contributed by atoms with Crippen molar-refractivity contribution in [3.8, 4) is 11.5 Å². The van der Waals surface area contributed by atoms with Crippen LogP contribution in [0.25, 0.3) is 0 Å². The van der Waals surface area contributed by atoms with Gasteiger partial charge in [0, 0.05) is 0 Å². The van der Waals surface area contributed by atoms with Gasteiger partial charge >= 0.3 is 5.97 Å². The van der Waals surface area contributed by atoms with Gasteiger partial charge in [0.05, 0.1) is 25.7 Å². The molecule has 0 aliphatic carbocycles. The third-order valence-electron chi connectivity index (χ3n) is 3.85. The first-order chi connectivity index (χ1) is 11.7. The van der Waals surface area contributed by atoms with Gasteiger partial charge in [-0.15, -0.1) is 0 Å². The second-order valence-electron chi connectivity index (χ2n) is 5.31. The van der Waals surface area contributed by atoms with Gasteiger partial charge in [-0.1, -0.05) is 42.5 Å². The molecule has 3 rings (SSSR count). The normalized spacial score (nSPS) is 11.8. The average Bonchev–Trinajstić information content (AvgIpc) is 3.12. The topological polar surface area (TPSA) is 53.4 Å². The van der Waals surface area contributed by atoms with Crippen molar-refractivity contribution < 1.29 is 14.3 Å². The highest BCUT2D eigenvalue weighted by molar-refractivity contribution is 5.89. The van der Waals surface area contributed by atoms with E-state index in [0.29, 0.717) is 17.2 Å². The Balaban J connectivity index is 1.86. The molecule has 1 aromatic heterocycles. The molecule has 24 heavy (non-hydrogen) atoms. The highest BCUT2D eigenvalue weighted by Crippen LogP contribution is 2.27. The second kappa shape index (κ2) is 7.00. The maximum Gasteiger partial charge on any atom is 0.362 e. The lowest BCUT2D eigenvalue weighted by Crippen LogP contribution is -2.17. The van der Waals surface area contributed by atoms with Crippen LogP contribution in [0.3, 0.4) is 0 Å². The Morgan fingerprint density at radius 1 is 1.04 bits per heavy atom. The zero-order valence-corrected chi connectivity index (χ0v) is 13.5. The molecule has 0 aliphatic heterocycles. The predicted octanol–water partition coefficient (Wildman–Crippen LogP) is 3.72. The van der Waals surface area contributed by atoms with Crippen molar-refractivity contribution in [2.75, 3.05) is 7.11 Å². The van der Waals surface area contributed by atoms with Gasteiger partial charge in [-0.2, -0.15) is 0 Å². The Morgan fingerprint density at radius 3 is 2.42 bits per heavy atom. The molecule has 5 heteroatoms. The molecule has 1 heterocycles. The molecular weight excluding hydrogens is 304 g/mol. The van der Waals surface area contributed by atoms with Crippen LogP contribution in [0.5, 0.6) is 11.5 Å². The quantitative estimate of drug-likeness (QED) is 0.531. The van der Waals surface area contributed by atoms with E-state index in [9.17, 15) is 4.79 Å². The van der Waals surface area contributed by atoms with Gasteiger partial charge in [-0.25, -0.2) is 9.78 Å². The number of para-hydroxylation sites is 2. The van der Waals surface area contributed by atoms with E-state index < -0.39 is 5.97 Å². The lowest BCUT2D eigenvalue weighted by atomic mass is 10.1. The fourth-order valence-corrected chi connectivity index (χ4v) is 2.52. The molecule has 0 fully saturated rings. The van der Waals surface area contributed by atoms with E-state index in [1.807, 2.05) is 43.3 Å². The number of carbonyl (C=O) groups is 1. The maximum absolute atomic E-state index is 12.6. The summed E-state index contributed by atoms with van der Waals surface area (Å²) in [7, 11) is 1.54. The first-order valence-electron chi connectivity index (χ1n) is 7.62. The van der Waals surface area contributed by atoms with Crippen molar-refractivity contribution in [2.45, 2.75) is 13.0 Å². The van der Waals surface area contributed by atoms with E-state index in [2.05, 4.69) is 4.98 Å². The summed E-state index contributed by atoms with van der Waals surface area (Å²) in [5.41, 5.74) is 1.47. The van der Waals surface area contributed by atoms with Crippen molar-refractivity contribution in [1.29, 1.82) is 0 Å². The molecule has 0 amide bonds. The smallest absolute Gasteiger partial charge is 0.362 e. The monoisotopic (exact) mass is 322 g/mol. The van der Waals surface area contributed by atoms with Crippen molar-refractivity contribution >= 4 is 5.97 Å². The third kappa shape index (κ3) is 3.15. The van der Waals surface area contributed by atoms with Crippen LogP contribution in [0.2, 0.25) is 0 Å². The van der Waals surface area contributed by atoms with Gasteiger partial charge in [0.15, 0.2) is 11.5 Å². The van der Waals surface area contributed by atoms with Crippen LogP contribution in [-0.2, 0) is 0 Å². The predicted molar refractivity (Wildman–Crippen MR) is 90.4 cm³/mol. The Labute approximate surface area is 140 Å². The Kier molecular flexibility index (Phi) is 4.61. The first-order valence-corrected chi connectivity index (χ1v) is 7.62. The van der Waals surface area contributed by atoms with Crippen LogP contribution in [0.1, 0.15) is 29.0 Å². The van der Waals surface area contributed by atoms with E-state index in [1.165, 1.54) is 13.3 Å². The summed E-state index contributed by atoms with van der Waals surface area (Å²) in [6.45, 7) is 2.01.